The maximum Gasteiger partial charge on any atom is 0.0328 e. The third kappa shape index (κ3) is 1.83. The molecule has 1 heteroatoms. The van der Waals surface area contributed by atoms with Gasteiger partial charge in [0.25, 0.3) is 0 Å². The fourth-order valence-corrected chi connectivity index (χ4v) is 2.19. The van der Waals surface area contributed by atoms with Crippen LogP contribution in [0.5, 0.6) is 0 Å². The molecule has 0 spiro atoms. The van der Waals surface area contributed by atoms with E-state index in [9.17, 15) is 0 Å². The number of aryl methyl sites for hydroxylation is 1. The van der Waals surface area contributed by atoms with Crippen molar-refractivity contribution in [3.63, 3.8) is 0 Å². The monoisotopic (exact) mass is 189 g/mol. The maximum absolute atomic E-state index is 3.68. The van der Waals surface area contributed by atoms with Crippen LogP contribution in [-0.2, 0) is 6.42 Å². The molecule has 0 aliphatic heterocycles. The average molecular weight is 189 g/mol. The molecular weight excluding hydrogens is 170 g/mol. The summed E-state index contributed by atoms with van der Waals surface area (Å²) >= 11 is 0. The highest BCUT2D eigenvalue weighted by molar-refractivity contribution is 5.34. The standard InChI is InChI=1S/C13H19N/c1-3-10(2)14-13-9-8-11-6-4-5-7-12(11)13/h4-7,10,13-14H,3,8-9H2,1-2H3/t10-,13-/m0/s1. The van der Waals surface area contributed by atoms with Crippen molar-refractivity contribution >= 4 is 0 Å². The van der Waals surface area contributed by atoms with Crippen LogP contribution in [0.4, 0.5) is 0 Å². The summed E-state index contributed by atoms with van der Waals surface area (Å²) in [4.78, 5) is 0. The lowest BCUT2D eigenvalue weighted by molar-refractivity contribution is 0.445. The number of fused-ring (bicyclic) bond motifs is 1. The SMILES string of the molecule is CC[C@H](C)N[C@H]1CCc2ccccc21. The molecule has 0 saturated carbocycles. The van der Waals surface area contributed by atoms with Crippen molar-refractivity contribution in [1.82, 2.24) is 5.32 Å². The predicted molar refractivity (Wildman–Crippen MR) is 60.4 cm³/mol. The normalized spacial score (nSPS) is 22.0. The molecule has 0 aromatic heterocycles. The Morgan fingerprint density at radius 3 is 3.00 bits per heavy atom. The molecule has 1 N–H and O–H groups in total. The molecule has 76 valence electrons. The zero-order valence-electron chi connectivity index (χ0n) is 9.09. The maximum atomic E-state index is 3.68. The van der Waals surface area contributed by atoms with Gasteiger partial charge < -0.3 is 5.32 Å². The minimum absolute atomic E-state index is 0.598. The summed E-state index contributed by atoms with van der Waals surface area (Å²) in [7, 11) is 0. The topological polar surface area (TPSA) is 12.0 Å². The summed E-state index contributed by atoms with van der Waals surface area (Å²) in [5.41, 5.74) is 3.06. The molecule has 0 unspecified atom stereocenters. The van der Waals surface area contributed by atoms with Gasteiger partial charge in [0.15, 0.2) is 0 Å². The Labute approximate surface area is 86.5 Å². The second-order valence-corrected chi connectivity index (χ2v) is 4.27. The van der Waals surface area contributed by atoms with Crippen molar-refractivity contribution in [3.8, 4) is 0 Å². The van der Waals surface area contributed by atoms with E-state index in [-0.39, 0.29) is 0 Å². The van der Waals surface area contributed by atoms with Crippen LogP contribution in [0.2, 0.25) is 0 Å². The van der Waals surface area contributed by atoms with Gasteiger partial charge in [0, 0.05) is 12.1 Å². The minimum Gasteiger partial charge on any atom is -0.307 e. The van der Waals surface area contributed by atoms with E-state index in [0.717, 1.165) is 0 Å². The van der Waals surface area contributed by atoms with Gasteiger partial charge in [0.05, 0.1) is 0 Å². The number of rotatable bonds is 3. The Bertz CT molecular complexity index is 306. The first kappa shape index (κ1) is 9.72. The van der Waals surface area contributed by atoms with E-state index in [1.807, 2.05) is 0 Å². The van der Waals surface area contributed by atoms with Crippen LogP contribution in [0.1, 0.15) is 43.9 Å². The second-order valence-electron chi connectivity index (χ2n) is 4.27. The van der Waals surface area contributed by atoms with Crippen LogP contribution in [0, 0.1) is 0 Å². The largest absolute Gasteiger partial charge is 0.307 e. The van der Waals surface area contributed by atoms with E-state index in [1.54, 1.807) is 0 Å². The Morgan fingerprint density at radius 2 is 2.21 bits per heavy atom. The van der Waals surface area contributed by atoms with Crippen LogP contribution >= 0.6 is 0 Å². The van der Waals surface area contributed by atoms with E-state index in [0.29, 0.717) is 12.1 Å². The number of hydrogen-bond acceptors (Lipinski definition) is 1. The second kappa shape index (κ2) is 4.14. The van der Waals surface area contributed by atoms with Gasteiger partial charge in [-0.15, -0.1) is 0 Å². The fraction of sp³-hybridized carbons (Fsp3) is 0.538. The van der Waals surface area contributed by atoms with Crippen LogP contribution in [0.15, 0.2) is 24.3 Å². The highest BCUT2D eigenvalue weighted by Crippen LogP contribution is 2.31. The van der Waals surface area contributed by atoms with E-state index in [2.05, 4.69) is 43.4 Å². The molecule has 0 fully saturated rings. The van der Waals surface area contributed by atoms with Gasteiger partial charge in [-0.3, -0.25) is 0 Å². The third-order valence-electron chi connectivity index (χ3n) is 3.23. The van der Waals surface area contributed by atoms with Crippen LogP contribution in [-0.4, -0.2) is 6.04 Å². The first-order chi connectivity index (χ1) is 6.81. The number of benzene rings is 1. The lowest BCUT2D eigenvalue weighted by atomic mass is 10.1. The van der Waals surface area contributed by atoms with Crippen molar-refractivity contribution in [2.24, 2.45) is 0 Å². The Kier molecular flexibility index (Phi) is 2.87. The van der Waals surface area contributed by atoms with E-state index >= 15 is 0 Å². The van der Waals surface area contributed by atoms with Gasteiger partial charge >= 0.3 is 0 Å². The summed E-state index contributed by atoms with van der Waals surface area (Å²) in [5, 5.41) is 3.68. The number of hydrogen-bond donors (Lipinski definition) is 1. The smallest absolute Gasteiger partial charge is 0.0328 e. The molecular formula is C13H19N. The molecule has 0 heterocycles. The molecule has 0 bridgehead atoms. The van der Waals surface area contributed by atoms with Crippen molar-refractivity contribution in [3.05, 3.63) is 35.4 Å². The summed E-state index contributed by atoms with van der Waals surface area (Å²) in [5.74, 6) is 0. The highest BCUT2D eigenvalue weighted by atomic mass is 14.9. The van der Waals surface area contributed by atoms with E-state index in [4.69, 9.17) is 0 Å². The molecule has 2 rings (SSSR count). The molecule has 1 aliphatic rings. The fourth-order valence-electron chi connectivity index (χ4n) is 2.19. The first-order valence-corrected chi connectivity index (χ1v) is 5.65. The van der Waals surface area contributed by atoms with Crippen molar-refractivity contribution in [1.29, 1.82) is 0 Å². The molecule has 2 atom stereocenters. The van der Waals surface area contributed by atoms with Gasteiger partial charge in [-0.25, -0.2) is 0 Å². The van der Waals surface area contributed by atoms with E-state index in [1.165, 1.54) is 30.4 Å². The first-order valence-electron chi connectivity index (χ1n) is 5.65. The quantitative estimate of drug-likeness (QED) is 0.770. The number of nitrogens with one attached hydrogen (secondary N) is 1. The van der Waals surface area contributed by atoms with Gasteiger partial charge in [0.2, 0.25) is 0 Å². The molecule has 1 nitrogen and oxygen atoms in total. The molecule has 0 amide bonds. The zero-order valence-corrected chi connectivity index (χ0v) is 9.09. The van der Waals surface area contributed by atoms with Crippen molar-refractivity contribution in [2.45, 2.75) is 45.2 Å². The zero-order chi connectivity index (χ0) is 9.97. The lowest BCUT2D eigenvalue weighted by Crippen LogP contribution is -2.28. The van der Waals surface area contributed by atoms with E-state index < -0.39 is 0 Å². The summed E-state index contributed by atoms with van der Waals surface area (Å²) in [6.45, 7) is 4.50. The average Bonchev–Trinajstić information content (AvgIpc) is 2.62. The summed E-state index contributed by atoms with van der Waals surface area (Å²) in [6, 6.07) is 10.0. The van der Waals surface area contributed by atoms with Crippen molar-refractivity contribution < 1.29 is 0 Å². The molecule has 1 aromatic rings. The summed E-state index contributed by atoms with van der Waals surface area (Å²) < 4.78 is 0. The Morgan fingerprint density at radius 1 is 1.43 bits per heavy atom. The van der Waals surface area contributed by atoms with Crippen molar-refractivity contribution in [2.75, 3.05) is 0 Å². The molecule has 1 aliphatic carbocycles. The lowest BCUT2D eigenvalue weighted by Gasteiger charge is -2.18. The van der Waals surface area contributed by atoms with Crippen LogP contribution in [0.25, 0.3) is 0 Å². The van der Waals surface area contributed by atoms with Gasteiger partial charge in [-0.05, 0) is 37.3 Å². The Balaban J connectivity index is 2.10. The third-order valence-corrected chi connectivity index (χ3v) is 3.23. The molecule has 0 saturated heterocycles. The highest BCUT2D eigenvalue weighted by Gasteiger charge is 2.22. The Hall–Kier alpha value is -0.820. The molecule has 14 heavy (non-hydrogen) atoms. The summed E-state index contributed by atoms with van der Waals surface area (Å²) in [6.07, 6.45) is 3.71. The molecule has 0 radical (unpaired) electrons. The predicted octanol–water partition coefficient (Wildman–Crippen LogP) is 3.06. The van der Waals surface area contributed by atoms with Gasteiger partial charge in [-0.2, -0.15) is 0 Å². The van der Waals surface area contributed by atoms with Gasteiger partial charge in [0.1, 0.15) is 0 Å². The van der Waals surface area contributed by atoms with Gasteiger partial charge in [-0.1, -0.05) is 31.2 Å². The van der Waals surface area contributed by atoms with Crippen LogP contribution in [0.3, 0.4) is 0 Å². The minimum atomic E-state index is 0.598. The van der Waals surface area contributed by atoms with Crippen LogP contribution < -0.4 is 5.32 Å². The molecule has 1 aromatic carbocycles.